The number of Topliss-reactive ketones (excluding diaryl/α,β-unsaturated/α-hetero) is 3. The normalized spacial score (nSPS) is 30.8. The lowest BCUT2D eigenvalue weighted by Crippen LogP contribution is -2.62. The van der Waals surface area contributed by atoms with Crippen molar-refractivity contribution in [1.82, 2.24) is 0 Å². The van der Waals surface area contributed by atoms with Gasteiger partial charge in [0.1, 0.15) is 23.8 Å². The van der Waals surface area contributed by atoms with Crippen LogP contribution >= 0.6 is 0 Å². The van der Waals surface area contributed by atoms with Crippen molar-refractivity contribution in [2.75, 3.05) is 6.61 Å². The van der Waals surface area contributed by atoms with E-state index in [0.29, 0.717) is 96.2 Å². The van der Waals surface area contributed by atoms with Crippen molar-refractivity contribution in [3.05, 3.63) is 132 Å². The minimum Gasteiger partial charge on any atom is -0.393 e. The molecular weight excluding hydrogens is 1780 g/mol. The molecule has 11 aliphatic carbocycles. The predicted molar refractivity (Wildman–Crippen MR) is 622 cm³/mol. The third-order valence-electron chi connectivity index (χ3n) is 38.1. The van der Waals surface area contributed by atoms with Gasteiger partial charge in [-0.1, -0.05) is 392 Å². The molecule has 9 saturated carbocycles. The summed E-state index contributed by atoms with van der Waals surface area (Å²) in [5, 5.41) is 22.9. The summed E-state index contributed by atoms with van der Waals surface area (Å²) in [5.41, 5.74) is 6.85. The van der Waals surface area contributed by atoms with E-state index >= 15 is 0 Å². The number of rotatable bonds is 57. The second-order valence-electron chi connectivity index (χ2n) is 52.4. The Hall–Kier alpha value is -4.38. The minimum absolute atomic E-state index is 0.0635. The largest absolute Gasteiger partial charge is 0.393 e. The van der Waals surface area contributed by atoms with E-state index < -0.39 is 17.1 Å². The van der Waals surface area contributed by atoms with E-state index in [0.717, 1.165) is 168 Å². The molecule has 0 aromatic carbocycles. The number of hydrogen-bond acceptors (Lipinski definition) is 9. The van der Waals surface area contributed by atoms with Gasteiger partial charge in [-0.15, -0.1) is 0 Å². The van der Waals surface area contributed by atoms with Gasteiger partial charge in [0.2, 0.25) is 0 Å². The lowest BCUT2D eigenvalue weighted by molar-refractivity contribution is -0.184. The zero-order valence-electron chi connectivity index (χ0n) is 98.7. The first-order valence-electron chi connectivity index (χ1n) is 62.0. The van der Waals surface area contributed by atoms with E-state index in [2.05, 4.69) is 236 Å². The molecule has 145 heavy (non-hydrogen) atoms. The summed E-state index contributed by atoms with van der Waals surface area (Å²) in [7, 11) is 0. The molecule has 0 aliphatic heterocycles. The number of allylic oxidation sites excluding steroid dienone is 18. The van der Waals surface area contributed by atoms with Crippen LogP contribution in [0, 0.1) is 116 Å². The molecule has 11 aliphatic rings. The van der Waals surface area contributed by atoms with Crippen molar-refractivity contribution >= 4 is 23.1 Å². The van der Waals surface area contributed by atoms with E-state index in [1.807, 2.05) is 26.8 Å². The first-order chi connectivity index (χ1) is 69.2. The fourth-order valence-corrected chi connectivity index (χ4v) is 30.2. The van der Waals surface area contributed by atoms with Crippen LogP contribution in [0.2, 0.25) is 0 Å². The molecule has 20 atom stereocenters. The lowest BCUT2D eigenvalue weighted by Gasteiger charge is -2.60. The summed E-state index contributed by atoms with van der Waals surface area (Å²) in [6.45, 7) is 56.5. The third kappa shape index (κ3) is 41.1. The fourth-order valence-electron chi connectivity index (χ4n) is 30.2. The molecule has 9 fully saturated rings. The summed E-state index contributed by atoms with van der Waals surface area (Å²) >= 11 is 0. The average molecular weight is 2010 g/mol. The predicted octanol–water partition coefficient (Wildman–Crippen LogP) is 38.6. The second kappa shape index (κ2) is 66.7. The van der Waals surface area contributed by atoms with Gasteiger partial charge in [-0.25, -0.2) is 0 Å². The number of ether oxygens (including phenoxy) is 3. The molecule has 2 N–H and O–H groups in total. The molecular formula is C136H230O9. The van der Waals surface area contributed by atoms with Crippen molar-refractivity contribution in [2.24, 2.45) is 116 Å². The summed E-state index contributed by atoms with van der Waals surface area (Å²) in [5.74, 6) is 11.4. The first-order valence-corrected chi connectivity index (χ1v) is 62.0. The first kappa shape index (κ1) is 128. The zero-order chi connectivity index (χ0) is 106. The van der Waals surface area contributed by atoms with Crippen LogP contribution in [0.3, 0.4) is 0 Å². The molecule has 0 saturated heterocycles. The van der Waals surface area contributed by atoms with Crippen LogP contribution in [0.15, 0.2) is 132 Å². The van der Waals surface area contributed by atoms with Crippen LogP contribution in [0.5, 0.6) is 0 Å². The molecule has 0 aromatic heterocycles. The van der Waals surface area contributed by atoms with E-state index in [-0.39, 0.29) is 47.4 Å². The van der Waals surface area contributed by atoms with Gasteiger partial charge < -0.3 is 24.4 Å². The zero-order valence-corrected chi connectivity index (χ0v) is 98.7. The van der Waals surface area contributed by atoms with Crippen LogP contribution in [0.25, 0.3) is 0 Å². The van der Waals surface area contributed by atoms with E-state index in [1.54, 1.807) is 11.1 Å². The number of ketones is 4. The molecule has 9 nitrogen and oxygen atoms in total. The second-order valence-corrected chi connectivity index (χ2v) is 52.4. The van der Waals surface area contributed by atoms with Gasteiger partial charge in [-0.2, -0.15) is 0 Å². The van der Waals surface area contributed by atoms with Crippen LogP contribution < -0.4 is 0 Å². The Morgan fingerprint density at radius 1 is 0.448 bits per heavy atom. The Labute approximate surface area is 895 Å². The molecule has 0 heterocycles. The molecule has 9 heteroatoms. The maximum atomic E-state index is 13.0. The van der Waals surface area contributed by atoms with Gasteiger partial charge in [0.05, 0.1) is 36.6 Å². The van der Waals surface area contributed by atoms with E-state index in [9.17, 15) is 29.4 Å². The van der Waals surface area contributed by atoms with Crippen molar-refractivity contribution < 1.29 is 43.6 Å². The van der Waals surface area contributed by atoms with Gasteiger partial charge in [0, 0.05) is 37.5 Å². The Kier molecular flexibility index (Phi) is 58.6. The van der Waals surface area contributed by atoms with Gasteiger partial charge in [0.15, 0.2) is 11.6 Å². The van der Waals surface area contributed by atoms with Crippen LogP contribution in [-0.4, -0.2) is 82.2 Å². The summed E-state index contributed by atoms with van der Waals surface area (Å²) in [6.07, 6.45) is 108. The monoisotopic (exact) mass is 2010 g/mol. The summed E-state index contributed by atoms with van der Waals surface area (Å²) in [4.78, 5) is 48.2. The Bertz CT molecular complexity index is 4020. The molecule has 0 radical (unpaired) electrons. The minimum atomic E-state index is -1.43. The molecule has 11 rings (SSSR count). The Morgan fingerprint density at radius 2 is 0.952 bits per heavy atom. The number of carbonyl (C=O) groups is 4. The molecule has 0 aromatic rings. The molecule has 0 spiro atoms. The summed E-state index contributed by atoms with van der Waals surface area (Å²) in [6, 6.07) is 0. The molecule has 0 bridgehead atoms. The number of aliphatic hydroxyl groups is 2. The van der Waals surface area contributed by atoms with Crippen molar-refractivity contribution in [3.63, 3.8) is 0 Å². The fraction of sp³-hybridized carbons (Fsp3) is 0.809. The standard InChI is InChI=1S/C30H52O.C30H50O.C26H52O.C26H40O.C24H36O5/c1-20(2)9-8-10-22(5)26-13-14-27-25-12-11-23-19-24(31-21(3)4)15-17-29(23,6)28(25)16-18-30(26,27)7;1-21(2)10-8-11-24(6)28-17-18-29-25(12-9-19-30(28,29)7)14-15-26-20-27(31-22(3)4)16-13-23(26)5;2*1-4-5-6-7-8-9-10-11-12-13-14-15-16-17-18-19-20-21-22-23-26(27)24-25(2)3;1-14(2)29-13-20(27)24(28)10-8-18-17-6-5-15-11-16(25)7-9-22(15,3)21(17)19(26)12-23(18,24)4/h11,20-22,24-28H,8-10,12-19H2,1-7H3;14-15,21-22,24,27-29H,5,8-13,16-20H2,1-4,6-7H3;25H,4-24H2,1-3H3;5-6,8-9,11-12,14-15,17-18,20-21,25H,4,7,10,13,16,19,22-24H2,1-3H3;11,14,17-19,21,26,28H,5-10,12-13H2,1-4H3/b;25-14+,26-15+;;6-5-,9-8-,12-11-,15-14-,18-17-,21-20-;/t22-,24+,25+,26-,27+,28+,29+,30-;;;;17-,18-,19-,21+,22-,23-,24-/m0...0/s1. The number of carbonyl (C=O) groups excluding carboxylic acids is 4. The number of aliphatic hydroxyl groups excluding tert-OH is 1. The van der Waals surface area contributed by atoms with Gasteiger partial charge in [0.25, 0.3) is 0 Å². The van der Waals surface area contributed by atoms with Crippen LogP contribution in [0.1, 0.15) is 538 Å². The van der Waals surface area contributed by atoms with Gasteiger partial charge in [-0.3, -0.25) is 19.2 Å². The quantitative estimate of drug-likeness (QED) is 0.0450. The summed E-state index contributed by atoms with van der Waals surface area (Å²) < 4.78 is 17.9. The lowest BCUT2D eigenvalue weighted by atomic mass is 9.45. The smallest absolute Gasteiger partial charge is 0.190 e. The van der Waals surface area contributed by atoms with Crippen molar-refractivity contribution in [3.8, 4) is 0 Å². The van der Waals surface area contributed by atoms with Crippen LogP contribution in [0.4, 0.5) is 0 Å². The maximum absolute atomic E-state index is 13.0. The SMILES string of the molecule is C=C1CCC(OC(C)C)C/C1=C\C=C1/CCCC2(C)C1CCC2C(C)CCCC(C)C.CC(C)CCC[C@H](C)[C@@H]1CC[C@@H]2[C@H]3CC=C4C[C@H](OC(C)C)CC[C@@]4(C)[C@@H]3CC[C@]21C.CC(C)OCC(=O)[C@@]1(O)CC[C@H]2[C@@H]3CCC4=CC(=O)CC[C@]4(C)[C@H]3[C@@H](O)C[C@@]21C.CC/C=C\C/C=C\C/C=C\C/C=C\C/C=C\C/C=C\CCC(=O)CC(C)C.CCCCCCCCCCCCCCCCCCCCCC(=O)CC(C)C. The molecule has 0 amide bonds. The highest BCUT2D eigenvalue weighted by Crippen LogP contribution is 2.70. The number of fused-ring (bicyclic) bond motifs is 11. The number of hydrogen-bond donors (Lipinski definition) is 2. The third-order valence-corrected chi connectivity index (χ3v) is 38.1. The highest BCUT2D eigenvalue weighted by atomic mass is 16.5. The van der Waals surface area contributed by atoms with E-state index in [4.69, 9.17) is 14.2 Å². The molecule has 828 valence electrons. The maximum Gasteiger partial charge on any atom is 0.190 e. The van der Waals surface area contributed by atoms with E-state index in [1.165, 1.54) is 254 Å². The number of unbranched alkanes of at least 4 members (excludes halogenated alkanes) is 18. The highest BCUT2D eigenvalue weighted by Gasteiger charge is 2.69. The molecule has 5 unspecified atom stereocenters. The van der Waals surface area contributed by atoms with Crippen molar-refractivity contribution in [2.45, 2.75) is 580 Å². The van der Waals surface area contributed by atoms with Crippen LogP contribution in [-0.2, 0) is 33.4 Å². The Balaban J connectivity index is 0.000000246. The van der Waals surface area contributed by atoms with Crippen molar-refractivity contribution in [1.29, 1.82) is 0 Å². The average Bonchev–Trinajstić information content (AvgIpc) is 1.59. The van der Waals surface area contributed by atoms with Gasteiger partial charge in [-0.05, 0) is 356 Å². The Morgan fingerprint density at radius 3 is 1.48 bits per heavy atom. The van der Waals surface area contributed by atoms with Gasteiger partial charge >= 0.3 is 0 Å². The highest BCUT2D eigenvalue weighted by molar-refractivity contribution is 5.92. The topological polar surface area (TPSA) is 136 Å².